The molecule has 0 aliphatic rings. The Bertz CT molecular complexity index is 431. The molecule has 1 N–H and O–H groups in total. The summed E-state index contributed by atoms with van der Waals surface area (Å²) in [5.74, 6) is -0.0697. The summed E-state index contributed by atoms with van der Waals surface area (Å²) in [6, 6.07) is 9.37. The van der Waals surface area contributed by atoms with E-state index < -0.39 is 6.04 Å². The molecule has 0 aromatic heterocycles. The van der Waals surface area contributed by atoms with Crippen LogP contribution in [0.2, 0.25) is 0 Å². The van der Waals surface area contributed by atoms with Gasteiger partial charge in [-0.15, -0.1) is 0 Å². The van der Waals surface area contributed by atoms with E-state index in [0.717, 1.165) is 12.0 Å². The first-order valence-electron chi connectivity index (χ1n) is 7.19. The largest absolute Gasteiger partial charge is 0.357 e. The van der Waals surface area contributed by atoms with Crippen molar-refractivity contribution in [2.75, 3.05) is 7.05 Å². The summed E-state index contributed by atoms with van der Waals surface area (Å²) in [5, 5.41) is 2.65. The molecule has 0 bridgehead atoms. The average Bonchev–Trinajstić information content (AvgIpc) is 2.48. The van der Waals surface area contributed by atoms with Crippen molar-refractivity contribution in [3.8, 4) is 0 Å². The van der Waals surface area contributed by atoms with Gasteiger partial charge in [0.25, 0.3) is 0 Å². The van der Waals surface area contributed by atoms with E-state index in [9.17, 15) is 9.59 Å². The Kier molecular flexibility index (Phi) is 6.77. The second-order valence-electron chi connectivity index (χ2n) is 4.80. The van der Waals surface area contributed by atoms with Gasteiger partial charge in [0.05, 0.1) is 0 Å². The predicted octanol–water partition coefficient (Wildman–Crippen LogP) is 2.34. The van der Waals surface area contributed by atoms with Crippen LogP contribution in [0, 0.1) is 0 Å². The smallest absolute Gasteiger partial charge is 0.242 e. The van der Waals surface area contributed by atoms with Gasteiger partial charge in [0.2, 0.25) is 11.8 Å². The normalized spacial score (nSPS) is 11.8. The topological polar surface area (TPSA) is 49.4 Å². The maximum atomic E-state index is 12.3. The molecule has 0 heterocycles. The fraction of sp³-hybridized carbons (Fsp3) is 0.500. The monoisotopic (exact) mass is 276 g/mol. The molecule has 0 aliphatic carbocycles. The van der Waals surface area contributed by atoms with Crippen LogP contribution in [0.25, 0.3) is 0 Å². The number of hydrogen-bond donors (Lipinski definition) is 1. The van der Waals surface area contributed by atoms with Crippen LogP contribution in [-0.2, 0) is 16.1 Å². The van der Waals surface area contributed by atoms with E-state index in [1.807, 2.05) is 44.2 Å². The lowest BCUT2D eigenvalue weighted by Gasteiger charge is -2.30. The number of carbonyl (C=O) groups is 2. The van der Waals surface area contributed by atoms with Gasteiger partial charge in [0.15, 0.2) is 0 Å². The number of nitrogens with zero attached hydrogens (tertiary/aromatic N) is 1. The molecule has 0 unspecified atom stereocenters. The first-order valence-corrected chi connectivity index (χ1v) is 7.19. The zero-order chi connectivity index (χ0) is 15.0. The summed E-state index contributed by atoms with van der Waals surface area (Å²) < 4.78 is 0. The number of nitrogens with one attached hydrogen (secondary N) is 1. The molecular weight excluding hydrogens is 252 g/mol. The maximum absolute atomic E-state index is 12.3. The van der Waals surface area contributed by atoms with E-state index in [1.165, 1.54) is 0 Å². The quantitative estimate of drug-likeness (QED) is 0.831. The first kappa shape index (κ1) is 16.2. The minimum Gasteiger partial charge on any atom is -0.357 e. The molecule has 0 aliphatic heterocycles. The van der Waals surface area contributed by atoms with Crippen LogP contribution in [0.1, 0.15) is 38.7 Å². The van der Waals surface area contributed by atoms with Crippen LogP contribution in [-0.4, -0.2) is 29.8 Å². The van der Waals surface area contributed by atoms with Gasteiger partial charge in [-0.1, -0.05) is 44.2 Å². The van der Waals surface area contributed by atoms with Gasteiger partial charge >= 0.3 is 0 Å². The Morgan fingerprint density at radius 1 is 1.20 bits per heavy atom. The fourth-order valence-electron chi connectivity index (χ4n) is 2.22. The third-order valence-electron chi connectivity index (χ3n) is 3.29. The average molecular weight is 276 g/mol. The lowest BCUT2D eigenvalue weighted by Crippen LogP contribution is -2.48. The van der Waals surface area contributed by atoms with Gasteiger partial charge in [-0.3, -0.25) is 9.59 Å². The van der Waals surface area contributed by atoms with Crippen molar-refractivity contribution in [1.82, 2.24) is 10.2 Å². The van der Waals surface area contributed by atoms with E-state index >= 15 is 0 Å². The van der Waals surface area contributed by atoms with Crippen molar-refractivity contribution in [3.05, 3.63) is 35.9 Å². The molecule has 1 aromatic carbocycles. The van der Waals surface area contributed by atoms with Crippen LogP contribution in [0.5, 0.6) is 0 Å². The van der Waals surface area contributed by atoms with Crippen molar-refractivity contribution < 1.29 is 9.59 Å². The van der Waals surface area contributed by atoms with Crippen LogP contribution in [0.3, 0.4) is 0 Å². The minimum absolute atomic E-state index is 0.0341. The van der Waals surface area contributed by atoms with Gasteiger partial charge in [-0.25, -0.2) is 0 Å². The van der Waals surface area contributed by atoms with Crippen LogP contribution < -0.4 is 5.32 Å². The summed E-state index contributed by atoms with van der Waals surface area (Å²) in [4.78, 5) is 26.0. The highest BCUT2D eigenvalue weighted by atomic mass is 16.2. The first-order chi connectivity index (χ1) is 9.63. The zero-order valence-corrected chi connectivity index (χ0v) is 12.6. The second kappa shape index (κ2) is 8.35. The number of rotatable bonds is 7. The Balaban J connectivity index is 2.94. The van der Waals surface area contributed by atoms with Gasteiger partial charge in [-0.05, 0) is 18.4 Å². The van der Waals surface area contributed by atoms with Crippen molar-refractivity contribution in [2.45, 2.75) is 45.7 Å². The number of hydrogen-bond acceptors (Lipinski definition) is 2. The summed E-state index contributed by atoms with van der Waals surface area (Å²) in [7, 11) is 1.61. The molecule has 0 radical (unpaired) electrons. The molecule has 0 saturated heterocycles. The predicted molar refractivity (Wildman–Crippen MR) is 80.0 cm³/mol. The van der Waals surface area contributed by atoms with Crippen molar-refractivity contribution in [1.29, 1.82) is 0 Å². The van der Waals surface area contributed by atoms with Crippen molar-refractivity contribution >= 4 is 11.8 Å². The number of amides is 2. The molecule has 4 nitrogen and oxygen atoms in total. The third kappa shape index (κ3) is 4.37. The highest BCUT2D eigenvalue weighted by molar-refractivity contribution is 5.87. The van der Waals surface area contributed by atoms with Crippen molar-refractivity contribution in [3.63, 3.8) is 0 Å². The summed E-state index contributed by atoms with van der Waals surface area (Å²) in [6.07, 6.45) is 1.87. The van der Waals surface area contributed by atoms with Gasteiger partial charge in [-0.2, -0.15) is 0 Å². The highest BCUT2D eigenvalue weighted by Crippen LogP contribution is 2.13. The lowest BCUT2D eigenvalue weighted by atomic mass is 10.1. The number of likely N-dealkylation sites (N-methyl/N-ethyl adjacent to an activating group) is 1. The molecule has 4 heteroatoms. The van der Waals surface area contributed by atoms with Gasteiger partial charge in [0, 0.05) is 20.0 Å². The fourth-order valence-corrected chi connectivity index (χ4v) is 2.22. The molecule has 1 aromatic rings. The molecule has 2 amide bonds. The molecule has 0 spiro atoms. The Hall–Kier alpha value is -1.84. The molecule has 1 atom stereocenters. The zero-order valence-electron chi connectivity index (χ0n) is 12.6. The van der Waals surface area contributed by atoms with Gasteiger partial charge in [0.1, 0.15) is 6.04 Å². The van der Waals surface area contributed by atoms with Crippen LogP contribution >= 0.6 is 0 Å². The Labute approximate surface area is 121 Å². The molecule has 0 saturated carbocycles. The van der Waals surface area contributed by atoms with Crippen LogP contribution in [0.4, 0.5) is 0 Å². The molecule has 20 heavy (non-hydrogen) atoms. The second-order valence-corrected chi connectivity index (χ2v) is 4.80. The molecular formula is C16H24N2O2. The van der Waals surface area contributed by atoms with E-state index in [1.54, 1.807) is 11.9 Å². The highest BCUT2D eigenvalue weighted by Gasteiger charge is 2.27. The Morgan fingerprint density at radius 2 is 1.85 bits per heavy atom. The molecule has 0 fully saturated rings. The third-order valence-corrected chi connectivity index (χ3v) is 3.29. The summed E-state index contributed by atoms with van der Waals surface area (Å²) >= 11 is 0. The maximum Gasteiger partial charge on any atom is 0.242 e. The summed E-state index contributed by atoms with van der Waals surface area (Å²) in [6.45, 7) is 4.38. The van der Waals surface area contributed by atoms with Crippen molar-refractivity contribution in [2.24, 2.45) is 0 Å². The Morgan fingerprint density at radius 3 is 2.35 bits per heavy atom. The SMILES string of the molecule is CCCC(=O)N(Cc1ccccc1)[C@@H](CC)C(=O)NC. The lowest BCUT2D eigenvalue weighted by molar-refractivity contribution is -0.141. The number of carbonyl (C=O) groups excluding carboxylic acids is 2. The van der Waals surface area contributed by atoms with E-state index in [2.05, 4.69) is 5.32 Å². The van der Waals surface area contributed by atoms with E-state index in [4.69, 9.17) is 0 Å². The minimum atomic E-state index is -0.403. The standard InChI is InChI=1S/C16H24N2O2/c1-4-9-15(19)18(14(5-2)16(20)17-3)12-13-10-7-6-8-11-13/h6-8,10-11,14H,4-5,9,12H2,1-3H3,(H,17,20)/t14-/m0/s1. The van der Waals surface area contributed by atoms with Gasteiger partial charge < -0.3 is 10.2 Å². The van der Waals surface area contributed by atoms with Crippen LogP contribution in [0.15, 0.2) is 30.3 Å². The summed E-state index contributed by atoms with van der Waals surface area (Å²) in [5.41, 5.74) is 1.04. The molecule has 1 rings (SSSR count). The van der Waals surface area contributed by atoms with E-state index in [-0.39, 0.29) is 11.8 Å². The van der Waals surface area contributed by atoms with E-state index in [0.29, 0.717) is 19.4 Å². The molecule has 110 valence electrons. The number of benzene rings is 1.